The third-order valence-electron chi connectivity index (χ3n) is 3.67. The smallest absolute Gasteiger partial charge is 0.0921 e. The van der Waals surface area contributed by atoms with Crippen molar-refractivity contribution in [1.82, 2.24) is 15.3 Å². The van der Waals surface area contributed by atoms with Crippen LogP contribution in [0.3, 0.4) is 0 Å². The molecule has 102 valence electrons. The Balaban J connectivity index is 1.64. The number of nitrogens with one attached hydrogen (secondary N) is 2. The zero-order valence-corrected chi connectivity index (χ0v) is 11.6. The number of H-pyrrole nitrogens is 1. The van der Waals surface area contributed by atoms with Gasteiger partial charge in [0.1, 0.15) is 0 Å². The molecule has 0 radical (unpaired) electrons. The van der Waals surface area contributed by atoms with Crippen LogP contribution < -0.4 is 5.32 Å². The van der Waals surface area contributed by atoms with Crippen LogP contribution in [0.1, 0.15) is 24.2 Å². The lowest BCUT2D eigenvalue weighted by molar-refractivity contribution is 0.575. The molecule has 3 nitrogen and oxygen atoms in total. The van der Waals surface area contributed by atoms with Gasteiger partial charge >= 0.3 is 0 Å². The summed E-state index contributed by atoms with van der Waals surface area (Å²) in [5, 5.41) is 6.14. The molecule has 0 spiro atoms. The van der Waals surface area contributed by atoms with Crippen LogP contribution >= 0.6 is 0 Å². The normalized spacial score (nSPS) is 12.7. The van der Waals surface area contributed by atoms with Gasteiger partial charge in [-0.3, -0.25) is 0 Å². The summed E-state index contributed by atoms with van der Waals surface area (Å²) in [5.74, 6) is 0. The van der Waals surface area contributed by atoms with Crippen molar-refractivity contribution in [2.75, 3.05) is 6.54 Å². The summed E-state index contributed by atoms with van der Waals surface area (Å²) in [7, 11) is 0. The minimum absolute atomic E-state index is 0.350. The maximum atomic E-state index is 4.03. The first-order valence-corrected chi connectivity index (χ1v) is 7.02. The molecule has 1 atom stereocenters. The summed E-state index contributed by atoms with van der Waals surface area (Å²) < 4.78 is 0. The number of nitrogens with zero attached hydrogens (tertiary/aromatic N) is 1. The molecule has 0 saturated carbocycles. The minimum Gasteiger partial charge on any atom is -0.348 e. The van der Waals surface area contributed by atoms with Gasteiger partial charge in [0.15, 0.2) is 0 Å². The van der Waals surface area contributed by atoms with Crippen LogP contribution in [-0.4, -0.2) is 16.5 Å². The average molecular weight is 265 g/mol. The predicted octanol–water partition coefficient (Wildman–Crippen LogP) is 3.46. The van der Waals surface area contributed by atoms with E-state index in [1.807, 2.05) is 6.20 Å². The van der Waals surface area contributed by atoms with Crippen molar-refractivity contribution >= 4 is 10.8 Å². The predicted molar refractivity (Wildman–Crippen MR) is 82.7 cm³/mol. The lowest BCUT2D eigenvalue weighted by atomic mass is 10.0. The van der Waals surface area contributed by atoms with Gasteiger partial charge in [-0.15, -0.1) is 0 Å². The number of aromatic amines is 1. The second-order valence-electron chi connectivity index (χ2n) is 5.11. The second-order valence-corrected chi connectivity index (χ2v) is 5.11. The van der Waals surface area contributed by atoms with E-state index in [4.69, 9.17) is 0 Å². The van der Waals surface area contributed by atoms with Crippen molar-refractivity contribution in [3.8, 4) is 0 Å². The van der Waals surface area contributed by atoms with Crippen molar-refractivity contribution < 1.29 is 0 Å². The van der Waals surface area contributed by atoms with Crippen LogP contribution in [0.5, 0.6) is 0 Å². The van der Waals surface area contributed by atoms with Crippen molar-refractivity contribution in [3.05, 3.63) is 66.2 Å². The second kappa shape index (κ2) is 5.88. The number of aromatic nitrogens is 2. The molecular formula is C17H19N3. The highest BCUT2D eigenvalue weighted by Gasteiger charge is 2.05. The van der Waals surface area contributed by atoms with E-state index in [2.05, 4.69) is 64.7 Å². The summed E-state index contributed by atoms with van der Waals surface area (Å²) in [6.45, 7) is 3.15. The molecule has 0 fully saturated rings. The molecular weight excluding hydrogens is 246 g/mol. The molecule has 0 bridgehead atoms. The molecule has 0 aliphatic carbocycles. The van der Waals surface area contributed by atoms with Gasteiger partial charge in [-0.1, -0.05) is 36.4 Å². The molecule has 0 aliphatic heterocycles. The number of imidazole rings is 1. The molecule has 1 aromatic heterocycles. The van der Waals surface area contributed by atoms with Crippen molar-refractivity contribution in [2.45, 2.75) is 19.4 Å². The largest absolute Gasteiger partial charge is 0.348 e. The van der Waals surface area contributed by atoms with Crippen LogP contribution in [0.4, 0.5) is 0 Å². The highest BCUT2D eigenvalue weighted by molar-refractivity contribution is 5.83. The lowest BCUT2D eigenvalue weighted by Gasteiger charge is -2.14. The van der Waals surface area contributed by atoms with Gasteiger partial charge in [-0.05, 0) is 29.3 Å². The zero-order valence-electron chi connectivity index (χ0n) is 11.6. The fraction of sp³-hybridized carbons (Fsp3) is 0.235. The number of fused-ring (bicyclic) bond motifs is 1. The van der Waals surface area contributed by atoms with Crippen molar-refractivity contribution in [3.63, 3.8) is 0 Å². The van der Waals surface area contributed by atoms with Gasteiger partial charge in [0, 0.05) is 30.9 Å². The van der Waals surface area contributed by atoms with E-state index in [9.17, 15) is 0 Å². The highest BCUT2D eigenvalue weighted by atomic mass is 14.9. The van der Waals surface area contributed by atoms with E-state index >= 15 is 0 Å². The fourth-order valence-corrected chi connectivity index (χ4v) is 2.44. The average Bonchev–Trinajstić information content (AvgIpc) is 3.00. The van der Waals surface area contributed by atoms with Gasteiger partial charge in [-0.25, -0.2) is 4.98 Å². The standard InChI is InChI=1S/C17H19N3/c1-13(19-9-8-17-11-18-12-20-17)15-7-6-14-4-2-3-5-16(14)10-15/h2-7,10-13,19H,8-9H2,1H3,(H,18,20). The Labute approximate surface area is 119 Å². The van der Waals surface area contributed by atoms with E-state index in [0.29, 0.717) is 6.04 Å². The first-order chi connectivity index (χ1) is 9.83. The van der Waals surface area contributed by atoms with Gasteiger partial charge in [-0.2, -0.15) is 0 Å². The molecule has 0 aliphatic rings. The van der Waals surface area contributed by atoms with Crippen molar-refractivity contribution in [2.24, 2.45) is 0 Å². The fourth-order valence-electron chi connectivity index (χ4n) is 2.44. The number of rotatable bonds is 5. The summed E-state index contributed by atoms with van der Waals surface area (Å²) >= 11 is 0. The zero-order chi connectivity index (χ0) is 13.8. The molecule has 20 heavy (non-hydrogen) atoms. The third-order valence-corrected chi connectivity index (χ3v) is 3.67. The first-order valence-electron chi connectivity index (χ1n) is 7.02. The van der Waals surface area contributed by atoms with Gasteiger partial charge in [0.25, 0.3) is 0 Å². The summed E-state index contributed by atoms with van der Waals surface area (Å²) in [6.07, 6.45) is 4.57. The van der Waals surface area contributed by atoms with Gasteiger partial charge in [0.05, 0.1) is 6.33 Å². The molecule has 0 saturated heterocycles. The van der Waals surface area contributed by atoms with Crippen LogP contribution in [0.2, 0.25) is 0 Å². The molecule has 2 aromatic carbocycles. The Morgan fingerprint density at radius 3 is 2.80 bits per heavy atom. The van der Waals surface area contributed by atoms with Crippen molar-refractivity contribution in [1.29, 1.82) is 0 Å². The summed E-state index contributed by atoms with van der Waals surface area (Å²) in [5.41, 5.74) is 2.50. The van der Waals surface area contributed by atoms with E-state index in [0.717, 1.165) is 13.0 Å². The van der Waals surface area contributed by atoms with E-state index in [1.165, 1.54) is 22.0 Å². The topological polar surface area (TPSA) is 40.7 Å². The number of hydrogen-bond donors (Lipinski definition) is 2. The molecule has 3 heteroatoms. The summed E-state index contributed by atoms with van der Waals surface area (Å²) in [6, 6.07) is 15.5. The highest BCUT2D eigenvalue weighted by Crippen LogP contribution is 2.20. The van der Waals surface area contributed by atoms with Crippen LogP contribution in [0, 0.1) is 0 Å². The Hall–Kier alpha value is -2.13. The van der Waals surface area contributed by atoms with Crippen LogP contribution in [-0.2, 0) is 6.42 Å². The van der Waals surface area contributed by atoms with Gasteiger partial charge in [0.2, 0.25) is 0 Å². The van der Waals surface area contributed by atoms with E-state index in [1.54, 1.807) is 6.33 Å². The Morgan fingerprint density at radius 2 is 2.00 bits per heavy atom. The molecule has 3 aromatic rings. The molecule has 0 amide bonds. The Bertz CT molecular complexity index is 674. The minimum atomic E-state index is 0.350. The Morgan fingerprint density at radius 1 is 1.15 bits per heavy atom. The van der Waals surface area contributed by atoms with E-state index in [-0.39, 0.29) is 0 Å². The maximum absolute atomic E-state index is 4.03. The lowest BCUT2D eigenvalue weighted by Crippen LogP contribution is -2.21. The van der Waals surface area contributed by atoms with E-state index < -0.39 is 0 Å². The van der Waals surface area contributed by atoms with Crippen LogP contribution in [0.15, 0.2) is 55.0 Å². The Kier molecular flexibility index (Phi) is 3.79. The maximum Gasteiger partial charge on any atom is 0.0921 e. The summed E-state index contributed by atoms with van der Waals surface area (Å²) in [4.78, 5) is 7.15. The van der Waals surface area contributed by atoms with Crippen LogP contribution in [0.25, 0.3) is 10.8 Å². The quantitative estimate of drug-likeness (QED) is 0.741. The molecule has 2 N–H and O–H groups in total. The SMILES string of the molecule is CC(NCCc1cnc[nH]1)c1ccc2ccccc2c1. The molecule has 1 heterocycles. The monoisotopic (exact) mass is 265 g/mol. The molecule has 1 unspecified atom stereocenters. The van der Waals surface area contributed by atoms with Gasteiger partial charge < -0.3 is 10.3 Å². The third kappa shape index (κ3) is 2.89. The first kappa shape index (κ1) is 12.9. The molecule has 3 rings (SSSR count). The number of benzene rings is 2. The number of hydrogen-bond acceptors (Lipinski definition) is 2.